The topological polar surface area (TPSA) is 81.0 Å². The van der Waals surface area contributed by atoms with E-state index in [0.29, 0.717) is 12.3 Å². The van der Waals surface area contributed by atoms with Gasteiger partial charge in [-0.1, -0.05) is 13.8 Å². The number of aromatic nitrogens is 2. The first-order chi connectivity index (χ1) is 12.0. The Hall–Kier alpha value is -2.35. The highest BCUT2D eigenvalue weighted by Crippen LogP contribution is 2.38. The van der Waals surface area contributed by atoms with Gasteiger partial charge < -0.3 is 15.5 Å². The van der Waals surface area contributed by atoms with E-state index in [2.05, 4.69) is 9.97 Å². The lowest BCUT2D eigenvalue weighted by Crippen LogP contribution is -2.43. The van der Waals surface area contributed by atoms with Gasteiger partial charge in [-0.15, -0.1) is 0 Å². The van der Waals surface area contributed by atoms with Gasteiger partial charge in [0.05, 0.1) is 11.3 Å². The van der Waals surface area contributed by atoms with E-state index in [9.17, 15) is 18.0 Å². The van der Waals surface area contributed by atoms with E-state index in [-0.39, 0.29) is 23.6 Å². The number of nitrogens with one attached hydrogen (secondary N) is 1. The second-order valence-electron chi connectivity index (χ2n) is 7.04. The smallest absolute Gasteiger partial charge is 0.419 e. The molecule has 3 N–H and O–H groups in total. The summed E-state index contributed by atoms with van der Waals surface area (Å²) in [7, 11) is 0. The number of ether oxygens (including phenoxy) is 1. The van der Waals surface area contributed by atoms with Crippen molar-refractivity contribution in [1.29, 1.82) is 0 Å². The number of hydrogen-bond donors (Lipinski definition) is 2. The summed E-state index contributed by atoms with van der Waals surface area (Å²) in [6.45, 7) is 5.67. The zero-order valence-corrected chi connectivity index (χ0v) is 14.9. The molecule has 26 heavy (non-hydrogen) atoms. The van der Waals surface area contributed by atoms with E-state index in [1.165, 1.54) is 24.4 Å². The standard InChI is InChI=1S/C18H22F3N3O2/c1-11(2)9-17(3,22)10-26-15-5-4-12(8-13(15)18(19,20)21)14-6-7-23-16(25)24-14/h4-8,11H,9-10,22H2,1-3H3,(H,23,24,25)/t17-/m0/s1. The van der Waals surface area contributed by atoms with Crippen molar-refractivity contribution in [2.24, 2.45) is 11.7 Å². The lowest BCUT2D eigenvalue weighted by molar-refractivity contribution is -0.139. The van der Waals surface area contributed by atoms with Crippen molar-refractivity contribution >= 4 is 0 Å². The first kappa shape index (κ1) is 20.0. The van der Waals surface area contributed by atoms with Gasteiger partial charge in [0, 0.05) is 11.7 Å². The zero-order valence-electron chi connectivity index (χ0n) is 14.9. The van der Waals surface area contributed by atoms with Gasteiger partial charge in [-0.05, 0) is 49.1 Å². The van der Waals surface area contributed by atoms with Crippen molar-refractivity contribution in [3.05, 3.63) is 46.5 Å². The van der Waals surface area contributed by atoms with E-state index < -0.39 is 23.0 Å². The van der Waals surface area contributed by atoms with Gasteiger partial charge in [0.25, 0.3) is 0 Å². The highest BCUT2D eigenvalue weighted by molar-refractivity contribution is 5.62. The SMILES string of the molecule is CC(C)C[C@](C)(N)COc1ccc(-c2ccnc(=O)[nH]2)cc1C(F)(F)F. The summed E-state index contributed by atoms with van der Waals surface area (Å²) in [6.07, 6.45) is -2.76. The van der Waals surface area contributed by atoms with Crippen molar-refractivity contribution in [3.8, 4) is 17.0 Å². The molecular weight excluding hydrogens is 347 g/mol. The quantitative estimate of drug-likeness (QED) is 0.815. The third-order valence-corrected chi connectivity index (χ3v) is 3.70. The van der Waals surface area contributed by atoms with Gasteiger partial charge in [0.1, 0.15) is 12.4 Å². The minimum atomic E-state index is -4.61. The summed E-state index contributed by atoms with van der Waals surface area (Å²) < 4.78 is 45.8. The molecule has 1 heterocycles. The number of alkyl halides is 3. The van der Waals surface area contributed by atoms with Crippen LogP contribution in [-0.2, 0) is 6.18 Å². The number of benzene rings is 1. The second-order valence-corrected chi connectivity index (χ2v) is 7.04. The second kappa shape index (κ2) is 7.49. The summed E-state index contributed by atoms with van der Waals surface area (Å²) in [5.41, 5.74) is 4.26. The predicted octanol–water partition coefficient (Wildman–Crippen LogP) is 3.60. The molecule has 0 bridgehead atoms. The molecule has 8 heteroatoms. The van der Waals surface area contributed by atoms with Crippen LogP contribution in [0.4, 0.5) is 13.2 Å². The molecule has 2 aromatic rings. The maximum Gasteiger partial charge on any atom is 0.419 e. The van der Waals surface area contributed by atoms with Gasteiger partial charge in [0.2, 0.25) is 0 Å². The molecule has 0 saturated heterocycles. The Kier molecular flexibility index (Phi) is 5.75. The third kappa shape index (κ3) is 5.32. The number of aromatic amines is 1. The molecule has 0 spiro atoms. The first-order valence-corrected chi connectivity index (χ1v) is 8.16. The van der Waals surface area contributed by atoms with Gasteiger partial charge in [0.15, 0.2) is 0 Å². The monoisotopic (exact) mass is 369 g/mol. The number of nitrogens with zero attached hydrogens (tertiary/aromatic N) is 1. The van der Waals surface area contributed by atoms with Crippen LogP contribution in [0.3, 0.4) is 0 Å². The molecule has 1 aromatic heterocycles. The highest BCUT2D eigenvalue weighted by Gasteiger charge is 2.35. The number of nitrogens with two attached hydrogens (primary N) is 1. The minimum absolute atomic E-state index is 0.0420. The van der Waals surface area contributed by atoms with Gasteiger partial charge in [-0.25, -0.2) is 9.78 Å². The van der Waals surface area contributed by atoms with E-state index in [0.717, 1.165) is 6.07 Å². The molecule has 142 valence electrons. The van der Waals surface area contributed by atoms with E-state index in [4.69, 9.17) is 10.5 Å². The van der Waals surface area contributed by atoms with Crippen LogP contribution in [0.15, 0.2) is 35.3 Å². The normalized spacial score (nSPS) is 14.3. The fourth-order valence-electron chi connectivity index (χ4n) is 2.82. The van der Waals surface area contributed by atoms with Crippen LogP contribution in [0.25, 0.3) is 11.3 Å². The molecule has 0 aliphatic heterocycles. The Morgan fingerprint density at radius 1 is 1.27 bits per heavy atom. The van der Waals surface area contributed by atoms with Crippen LogP contribution < -0.4 is 16.2 Å². The molecule has 0 amide bonds. The molecule has 0 saturated carbocycles. The van der Waals surface area contributed by atoms with E-state index in [1.807, 2.05) is 13.8 Å². The van der Waals surface area contributed by atoms with Crippen molar-refractivity contribution in [2.75, 3.05) is 6.61 Å². The van der Waals surface area contributed by atoms with Crippen molar-refractivity contribution in [1.82, 2.24) is 9.97 Å². The Labute approximate surface area is 149 Å². The largest absolute Gasteiger partial charge is 0.491 e. The summed E-state index contributed by atoms with van der Waals surface area (Å²) in [6, 6.07) is 5.06. The molecule has 0 aliphatic carbocycles. The van der Waals surface area contributed by atoms with Crippen molar-refractivity contribution in [3.63, 3.8) is 0 Å². The lowest BCUT2D eigenvalue weighted by Gasteiger charge is -2.27. The number of halogens is 3. The van der Waals surface area contributed by atoms with Crippen LogP contribution in [0.2, 0.25) is 0 Å². The molecule has 1 atom stereocenters. The third-order valence-electron chi connectivity index (χ3n) is 3.70. The summed E-state index contributed by atoms with van der Waals surface area (Å²) in [5.74, 6) is -0.000314. The Morgan fingerprint density at radius 2 is 1.96 bits per heavy atom. The molecule has 1 aromatic carbocycles. The molecule has 0 aliphatic rings. The van der Waals surface area contributed by atoms with E-state index >= 15 is 0 Å². The Morgan fingerprint density at radius 3 is 2.54 bits per heavy atom. The maximum absolute atomic E-state index is 13.5. The van der Waals surface area contributed by atoms with Crippen LogP contribution in [-0.4, -0.2) is 22.1 Å². The molecule has 2 rings (SSSR count). The zero-order chi connectivity index (χ0) is 19.5. The van der Waals surface area contributed by atoms with Crippen LogP contribution in [0.5, 0.6) is 5.75 Å². The number of hydrogen-bond acceptors (Lipinski definition) is 4. The highest BCUT2D eigenvalue weighted by atomic mass is 19.4. The summed E-state index contributed by atoms with van der Waals surface area (Å²) in [4.78, 5) is 17.2. The minimum Gasteiger partial charge on any atom is -0.491 e. The molecule has 0 radical (unpaired) electrons. The number of rotatable bonds is 6. The average molecular weight is 369 g/mol. The molecule has 5 nitrogen and oxygen atoms in total. The van der Waals surface area contributed by atoms with Crippen LogP contribution in [0, 0.1) is 5.92 Å². The van der Waals surface area contributed by atoms with Crippen molar-refractivity contribution in [2.45, 2.75) is 38.9 Å². The maximum atomic E-state index is 13.5. The van der Waals surface area contributed by atoms with Gasteiger partial charge >= 0.3 is 11.9 Å². The van der Waals surface area contributed by atoms with E-state index in [1.54, 1.807) is 6.92 Å². The molecule has 0 fully saturated rings. The molecule has 0 unspecified atom stereocenters. The Balaban J connectivity index is 2.34. The Bertz CT molecular complexity index is 814. The van der Waals surface area contributed by atoms with Crippen LogP contribution in [0.1, 0.15) is 32.8 Å². The predicted molar refractivity (Wildman–Crippen MR) is 92.8 cm³/mol. The van der Waals surface area contributed by atoms with Gasteiger partial charge in [-0.2, -0.15) is 13.2 Å². The average Bonchev–Trinajstić information content (AvgIpc) is 2.51. The first-order valence-electron chi connectivity index (χ1n) is 8.16. The van der Waals surface area contributed by atoms with Crippen molar-refractivity contribution < 1.29 is 17.9 Å². The molecular formula is C18H22F3N3O2. The summed E-state index contributed by atoms with van der Waals surface area (Å²) >= 11 is 0. The number of H-pyrrole nitrogens is 1. The summed E-state index contributed by atoms with van der Waals surface area (Å²) in [5, 5.41) is 0. The van der Waals surface area contributed by atoms with Crippen LogP contribution >= 0.6 is 0 Å². The lowest BCUT2D eigenvalue weighted by atomic mass is 9.93. The van der Waals surface area contributed by atoms with Gasteiger partial charge in [-0.3, -0.25) is 0 Å². The fraction of sp³-hybridized carbons (Fsp3) is 0.444. The fourth-order valence-corrected chi connectivity index (χ4v) is 2.82.